The molecule has 0 bridgehead atoms. The minimum Gasteiger partial charge on any atom is -0.477 e. The first-order valence-corrected chi connectivity index (χ1v) is 5.90. The van der Waals surface area contributed by atoms with Gasteiger partial charge in [0, 0.05) is 20.2 Å². The van der Waals surface area contributed by atoms with Gasteiger partial charge in [0.15, 0.2) is 0 Å². The van der Waals surface area contributed by atoms with Gasteiger partial charge < -0.3 is 15.2 Å². The second kappa shape index (κ2) is 5.43. The molecule has 16 heavy (non-hydrogen) atoms. The summed E-state index contributed by atoms with van der Waals surface area (Å²) >= 11 is 1.25. The van der Waals surface area contributed by atoms with Crippen LogP contribution in [0.5, 0.6) is 0 Å². The molecule has 90 valence electrons. The lowest BCUT2D eigenvalue weighted by atomic mass is 10.1. The van der Waals surface area contributed by atoms with E-state index in [0.29, 0.717) is 18.0 Å². The minimum atomic E-state index is -0.863. The number of carbonyl (C=O) groups is 1. The molecule has 0 aliphatic heterocycles. The molecule has 0 spiro atoms. The van der Waals surface area contributed by atoms with Crippen molar-refractivity contribution in [3.63, 3.8) is 0 Å². The molecule has 1 rings (SSSR count). The molecular weight excluding hydrogens is 226 g/mol. The molecule has 0 aromatic carbocycles. The van der Waals surface area contributed by atoms with Crippen LogP contribution < -0.4 is 5.32 Å². The summed E-state index contributed by atoms with van der Waals surface area (Å²) in [7, 11) is 1.66. The lowest BCUT2D eigenvalue weighted by Gasteiger charge is -2.23. The summed E-state index contributed by atoms with van der Waals surface area (Å²) in [6.07, 6.45) is 0. The average Bonchev–Trinajstić information content (AvgIpc) is 2.66. The van der Waals surface area contributed by atoms with Gasteiger partial charge in [0.1, 0.15) is 4.88 Å². The molecule has 4 nitrogen and oxygen atoms in total. The fourth-order valence-corrected chi connectivity index (χ4v) is 1.99. The predicted molar refractivity (Wildman–Crippen MR) is 64.1 cm³/mol. The first kappa shape index (κ1) is 13.2. The monoisotopic (exact) mass is 243 g/mol. The van der Waals surface area contributed by atoms with Crippen molar-refractivity contribution >= 4 is 17.3 Å². The second-order valence-electron chi connectivity index (χ2n) is 4.15. The Morgan fingerprint density at radius 3 is 2.88 bits per heavy atom. The van der Waals surface area contributed by atoms with E-state index in [4.69, 9.17) is 9.84 Å². The Kier molecular flexibility index (Phi) is 4.46. The van der Waals surface area contributed by atoms with E-state index in [-0.39, 0.29) is 5.60 Å². The van der Waals surface area contributed by atoms with Gasteiger partial charge in [-0.25, -0.2) is 4.79 Å². The first-order chi connectivity index (χ1) is 7.46. The summed E-state index contributed by atoms with van der Waals surface area (Å²) in [5.41, 5.74) is 0.587. The third-order valence-corrected chi connectivity index (χ3v) is 3.30. The topological polar surface area (TPSA) is 58.6 Å². The Hall–Kier alpha value is -0.910. The third-order valence-electron chi connectivity index (χ3n) is 2.36. The number of carboxylic acids is 1. The molecule has 0 saturated heterocycles. The van der Waals surface area contributed by atoms with Crippen LogP contribution in [0, 0.1) is 0 Å². The van der Waals surface area contributed by atoms with Gasteiger partial charge in [-0.15, -0.1) is 11.3 Å². The van der Waals surface area contributed by atoms with Gasteiger partial charge in [0.2, 0.25) is 0 Å². The predicted octanol–water partition coefficient (Wildman–Crippen LogP) is 1.96. The Bertz CT molecular complexity index is 360. The van der Waals surface area contributed by atoms with Crippen LogP contribution in [0.3, 0.4) is 0 Å². The van der Waals surface area contributed by atoms with Crippen molar-refractivity contribution in [3.05, 3.63) is 21.9 Å². The van der Waals surface area contributed by atoms with Gasteiger partial charge in [-0.2, -0.15) is 0 Å². The molecule has 2 N–H and O–H groups in total. The lowest BCUT2D eigenvalue weighted by molar-refractivity contribution is 0.0230. The number of rotatable bonds is 6. The molecule has 0 radical (unpaired) electrons. The largest absolute Gasteiger partial charge is 0.477 e. The van der Waals surface area contributed by atoms with E-state index in [1.807, 2.05) is 19.9 Å². The summed E-state index contributed by atoms with van der Waals surface area (Å²) < 4.78 is 5.26. The highest BCUT2D eigenvalue weighted by Gasteiger charge is 2.16. The molecule has 1 aromatic rings. The zero-order chi connectivity index (χ0) is 12.2. The molecule has 1 aromatic heterocycles. The van der Waals surface area contributed by atoms with Crippen molar-refractivity contribution in [2.24, 2.45) is 0 Å². The molecule has 0 aliphatic rings. The normalized spacial score (nSPS) is 11.7. The second-order valence-corrected chi connectivity index (χ2v) is 5.06. The van der Waals surface area contributed by atoms with Crippen molar-refractivity contribution < 1.29 is 14.6 Å². The standard InChI is InChI=1S/C11H17NO3S/c1-11(2,15-3)7-12-6-8-4-5-16-9(8)10(13)14/h4-5,12H,6-7H2,1-3H3,(H,13,14). The molecule has 0 atom stereocenters. The maximum absolute atomic E-state index is 10.9. The van der Waals surface area contributed by atoms with Crippen LogP contribution in [0.2, 0.25) is 0 Å². The van der Waals surface area contributed by atoms with Gasteiger partial charge in [0.25, 0.3) is 0 Å². The lowest BCUT2D eigenvalue weighted by Crippen LogP contribution is -2.36. The number of thiophene rings is 1. The molecule has 0 amide bonds. The van der Waals surface area contributed by atoms with E-state index in [1.54, 1.807) is 12.5 Å². The van der Waals surface area contributed by atoms with E-state index in [1.165, 1.54) is 11.3 Å². The third kappa shape index (κ3) is 3.59. The van der Waals surface area contributed by atoms with Crippen molar-refractivity contribution in [1.29, 1.82) is 0 Å². The molecule has 1 heterocycles. The Morgan fingerprint density at radius 2 is 2.31 bits per heavy atom. The summed E-state index contributed by atoms with van der Waals surface area (Å²) in [6.45, 7) is 5.19. The van der Waals surface area contributed by atoms with Crippen LogP contribution in [0.1, 0.15) is 29.1 Å². The zero-order valence-corrected chi connectivity index (χ0v) is 10.6. The summed E-state index contributed by atoms with van der Waals surface area (Å²) in [6, 6.07) is 1.83. The number of ether oxygens (including phenoxy) is 1. The smallest absolute Gasteiger partial charge is 0.346 e. The fraction of sp³-hybridized carbons (Fsp3) is 0.545. The van der Waals surface area contributed by atoms with Crippen molar-refractivity contribution in [3.8, 4) is 0 Å². The molecule has 5 heteroatoms. The molecular formula is C11H17NO3S. The highest BCUT2D eigenvalue weighted by Crippen LogP contribution is 2.16. The van der Waals surface area contributed by atoms with Gasteiger partial charge in [-0.05, 0) is 30.9 Å². The van der Waals surface area contributed by atoms with E-state index >= 15 is 0 Å². The summed E-state index contributed by atoms with van der Waals surface area (Å²) in [5, 5.41) is 13.9. The fourth-order valence-electron chi connectivity index (χ4n) is 1.23. The van der Waals surface area contributed by atoms with Crippen molar-refractivity contribution in [2.75, 3.05) is 13.7 Å². The number of aromatic carboxylic acids is 1. The Balaban J connectivity index is 2.49. The maximum Gasteiger partial charge on any atom is 0.346 e. The van der Waals surface area contributed by atoms with Crippen LogP contribution in [0.15, 0.2) is 11.4 Å². The van der Waals surface area contributed by atoms with E-state index < -0.39 is 5.97 Å². The van der Waals surface area contributed by atoms with Crippen LogP contribution >= 0.6 is 11.3 Å². The number of hydrogen-bond donors (Lipinski definition) is 2. The van der Waals surface area contributed by atoms with Crippen LogP contribution in [-0.4, -0.2) is 30.3 Å². The quantitative estimate of drug-likeness (QED) is 0.802. The number of carboxylic acid groups (broad SMARTS) is 1. The SMILES string of the molecule is COC(C)(C)CNCc1ccsc1C(=O)O. The van der Waals surface area contributed by atoms with E-state index in [0.717, 1.165) is 5.56 Å². The zero-order valence-electron chi connectivity index (χ0n) is 9.74. The maximum atomic E-state index is 10.9. The van der Waals surface area contributed by atoms with E-state index in [2.05, 4.69) is 5.32 Å². The van der Waals surface area contributed by atoms with Crippen molar-refractivity contribution in [2.45, 2.75) is 26.0 Å². The van der Waals surface area contributed by atoms with Gasteiger partial charge in [-0.3, -0.25) is 0 Å². The number of nitrogens with one attached hydrogen (secondary N) is 1. The first-order valence-electron chi connectivity index (χ1n) is 5.02. The minimum absolute atomic E-state index is 0.237. The number of hydrogen-bond acceptors (Lipinski definition) is 4. The van der Waals surface area contributed by atoms with Crippen LogP contribution in [-0.2, 0) is 11.3 Å². The van der Waals surface area contributed by atoms with Crippen LogP contribution in [0.25, 0.3) is 0 Å². The van der Waals surface area contributed by atoms with Crippen LogP contribution in [0.4, 0.5) is 0 Å². The summed E-state index contributed by atoms with van der Waals surface area (Å²) in [4.78, 5) is 11.3. The van der Waals surface area contributed by atoms with Gasteiger partial charge in [-0.1, -0.05) is 0 Å². The highest BCUT2D eigenvalue weighted by atomic mass is 32.1. The highest BCUT2D eigenvalue weighted by molar-refractivity contribution is 7.12. The Labute approximate surface area is 99.2 Å². The Morgan fingerprint density at radius 1 is 1.62 bits per heavy atom. The molecule has 0 fully saturated rings. The number of methoxy groups -OCH3 is 1. The van der Waals surface area contributed by atoms with Gasteiger partial charge in [0.05, 0.1) is 5.60 Å². The van der Waals surface area contributed by atoms with Gasteiger partial charge >= 0.3 is 5.97 Å². The molecule has 0 saturated carbocycles. The molecule has 0 aliphatic carbocycles. The average molecular weight is 243 g/mol. The van der Waals surface area contributed by atoms with Crippen molar-refractivity contribution in [1.82, 2.24) is 5.32 Å². The van der Waals surface area contributed by atoms with E-state index in [9.17, 15) is 4.79 Å². The molecule has 0 unspecified atom stereocenters. The summed E-state index contributed by atoms with van der Waals surface area (Å²) in [5.74, 6) is -0.863.